The molecule has 4 aromatic carbocycles. The van der Waals surface area contributed by atoms with Crippen LogP contribution in [0, 0.1) is 0 Å². The summed E-state index contributed by atoms with van der Waals surface area (Å²) >= 11 is 5.27. The molecule has 0 bridgehead atoms. The second-order valence-electron chi connectivity index (χ2n) is 7.76. The topological polar surface area (TPSA) is 82.3 Å². The zero-order valence-electron chi connectivity index (χ0n) is 19.3. The minimum Gasteiger partial charge on any atom is -0.356 e. The summed E-state index contributed by atoms with van der Waals surface area (Å²) < 4.78 is 0. The van der Waals surface area contributed by atoms with Gasteiger partial charge in [-0.1, -0.05) is 60.7 Å². The lowest BCUT2D eigenvalue weighted by molar-refractivity contribution is -0.115. The van der Waals surface area contributed by atoms with Gasteiger partial charge >= 0.3 is 0 Å². The van der Waals surface area contributed by atoms with Crippen molar-refractivity contribution >= 4 is 58.0 Å². The van der Waals surface area contributed by atoms with Gasteiger partial charge in [-0.3, -0.25) is 14.9 Å². The van der Waals surface area contributed by atoms with Crippen LogP contribution in [0.3, 0.4) is 0 Å². The van der Waals surface area contributed by atoms with Crippen LogP contribution in [0.15, 0.2) is 115 Å². The maximum absolute atomic E-state index is 13.0. The van der Waals surface area contributed by atoms with Crippen LogP contribution >= 0.6 is 12.2 Å². The second-order valence-corrected chi connectivity index (χ2v) is 8.16. The highest BCUT2D eigenvalue weighted by atomic mass is 32.1. The molecule has 4 N–H and O–H groups in total. The van der Waals surface area contributed by atoms with E-state index in [0.717, 1.165) is 16.9 Å². The number of carbonyl (C=O) groups excluding carboxylic acids is 2. The van der Waals surface area contributed by atoms with Gasteiger partial charge in [-0.25, -0.2) is 0 Å². The number of rotatable bonds is 7. The van der Waals surface area contributed by atoms with E-state index in [1.54, 1.807) is 30.3 Å². The Labute approximate surface area is 215 Å². The van der Waals surface area contributed by atoms with E-state index >= 15 is 0 Å². The lowest BCUT2D eigenvalue weighted by Crippen LogP contribution is -2.33. The Bertz CT molecular complexity index is 1370. The van der Waals surface area contributed by atoms with Crippen molar-refractivity contribution in [3.8, 4) is 0 Å². The Morgan fingerprint density at radius 2 is 1.22 bits per heavy atom. The molecule has 0 aliphatic heterocycles. The van der Waals surface area contributed by atoms with Crippen LogP contribution in [-0.2, 0) is 4.79 Å². The van der Waals surface area contributed by atoms with Crippen LogP contribution < -0.4 is 21.3 Å². The molecule has 0 heterocycles. The van der Waals surface area contributed by atoms with Crippen LogP contribution in [0.2, 0.25) is 0 Å². The normalized spacial score (nSPS) is 10.4. The van der Waals surface area contributed by atoms with E-state index in [0.29, 0.717) is 16.9 Å². The third kappa shape index (κ3) is 7.12. The monoisotopic (exact) mass is 492 g/mol. The van der Waals surface area contributed by atoms with Crippen molar-refractivity contribution in [3.63, 3.8) is 0 Å². The standard InChI is InChI=1S/C29H24N4O2S/c34-27(20-15-21-9-3-1-4-10-21)33-29(36)32-26-14-8-7-13-25(26)28(35)31-24-18-16-23(17-19-24)30-22-11-5-2-6-12-22/h1-20,30H,(H,31,35)(H2,32,33,34,36). The minimum atomic E-state index is -0.373. The molecule has 0 aliphatic rings. The first-order valence-electron chi connectivity index (χ1n) is 11.2. The SMILES string of the molecule is O=C(C=Cc1ccccc1)NC(=S)Nc1ccccc1C(=O)Nc1ccc(Nc2ccccc2)cc1. The van der Waals surface area contributed by atoms with Crippen LogP contribution in [0.1, 0.15) is 15.9 Å². The van der Waals surface area contributed by atoms with Gasteiger partial charge in [0, 0.05) is 23.1 Å². The largest absolute Gasteiger partial charge is 0.356 e. The van der Waals surface area contributed by atoms with Crippen molar-refractivity contribution < 1.29 is 9.59 Å². The van der Waals surface area contributed by atoms with Gasteiger partial charge in [0.05, 0.1) is 11.3 Å². The first kappa shape index (κ1) is 24.4. The molecule has 6 nitrogen and oxygen atoms in total. The smallest absolute Gasteiger partial charge is 0.257 e. The first-order valence-corrected chi connectivity index (χ1v) is 11.7. The molecule has 0 spiro atoms. The summed E-state index contributed by atoms with van der Waals surface area (Å²) in [6.45, 7) is 0. The van der Waals surface area contributed by atoms with Gasteiger partial charge < -0.3 is 16.0 Å². The summed E-state index contributed by atoms with van der Waals surface area (Å²) in [5.41, 5.74) is 4.31. The number of anilines is 4. The van der Waals surface area contributed by atoms with Gasteiger partial charge in [0.25, 0.3) is 5.91 Å². The number of amides is 2. The molecule has 4 rings (SSSR count). The highest BCUT2D eigenvalue weighted by Crippen LogP contribution is 2.21. The average Bonchev–Trinajstić information content (AvgIpc) is 2.90. The van der Waals surface area contributed by atoms with Crippen molar-refractivity contribution in [1.29, 1.82) is 0 Å². The van der Waals surface area contributed by atoms with E-state index in [1.165, 1.54) is 6.08 Å². The highest BCUT2D eigenvalue weighted by molar-refractivity contribution is 7.80. The van der Waals surface area contributed by atoms with Gasteiger partial charge in [0.15, 0.2) is 5.11 Å². The summed E-state index contributed by atoms with van der Waals surface area (Å²) in [7, 11) is 0. The van der Waals surface area contributed by atoms with Crippen LogP contribution in [-0.4, -0.2) is 16.9 Å². The molecule has 0 aromatic heterocycles. The number of para-hydroxylation sites is 2. The molecule has 0 aliphatic carbocycles. The van der Waals surface area contributed by atoms with E-state index in [9.17, 15) is 9.59 Å². The number of hydrogen-bond donors (Lipinski definition) is 4. The molecular weight excluding hydrogens is 468 g/mol. The lowest BCUT2D eigenvalue weighted by Gasteiger charge is -2.13. The lowest BCUT2D eigenvalue weighted by atomic mass is 10.1. The summed E-state index contributed by atoms with van der Waals surface area (Å²) in [5.74, 6) is -0.678. The van der Waals surface area contributed by atoms with Crippen molar-refractivity contribution in [2.45, 2.75) is 0 Å². The molecule has 36 heavy (non-hydrogen) atoms. The second kappa shape index (κ2) is 12.1. The summed E-state index contributed by atoms with van der Waals surface area (Å²) in [6, 6.07) is 33.7. The zero-order valence-corrected chi connectivity index (χ0v) is 20.1. The zero-order chi connectivity index (χ0) is 25.2. The molecule has 4 aromatic rings. The van der Waals surface area contributed by atoms with Gasteiger partial charge in [0.1, 0.15) is 0 Å². The van der Waals surface area contributed by atoms with Crippen LogP contribution in [0.4, 0.5) is 22.7 Å². The molecule has 0 unspecified atom stereocenters. The van der Waals surface area contributed by atoms with E-state index < -0.39 is 0 Å². The highest BCUT2D eigenvalue weighted by Gasteiger charge is 2.13. The fraction of sp³-hybridized carbons (Fsp3) is 0. The Hall–Kier alpha value is -4.75. The Kier molecular flexibility index (Phi) is 8.19. The Morgan fingerprint density at radius 1 is 0.639 bits per heavy atom. The predicted octanol–water partition coefficient (Wildman–Crippen LogP) is 6.21. The maximum atomic E-state index is 13.0. The molecule has 2 amide bonds. The van der Waals surface area contributed by atoms with E-state index in [2.05, 4.69) is 21.3 Å². The molecular formula is C29H24N4O2S. The molecule has 0 radical (unpaired) electrons. The minimum absolute atomic E-state index is 0.0919. The number of nitrogens with one attached hydrogen (secondary N) is 4. The number of benzene rings is 4. The van der Waals surface area contributed by atoms with Crippen molar-refractivity contribution in [2.24, 2.45) is 0 Å². The van der Waals surface area contributed by atoms with Crippen molar-refractivity contribution in [2.75, 3.05) is 16.0 Å². The molecule has 7 heteroatoms. The third-order valence-electron chi connectivity index (χ3n) is 5.09. The van der Waals surface area contributed by atoms with Gasteiger partial charge in [-0.2, -0.15) is 0 Å². The maximum Gasteiger partial charge on any atom is 0.257 e. The van der Waals surface area contributed by atoms with Gasteiger partial charge in [0.2, 0.25) is 5.91 Å². The fourth-order valence-electron chi connectivity index (χ4n) is 3.36. The summed E-state index contributed by atoms with van der Waals surface area (Å²) in [5, 5.41) is 11.8. The third-order valence-corrected chi connectivity index (χ3v) is 5.29. The van der Waals surface area contributed by atoms with E-state index in [1.807, 2.05) is 84.9 Å². The van der Waals surface area contributed by atoms with Crippen molar-refractivity contribution in [3.05, 3.63) is 126 Å². The van der Waals surface area contributed by atoms with Gasteiger partial charge in [-0.05, 0) is 72.4 Å². The first-order chi connectivity index (χ1) is 17.6. The Balaban J connectivity index is 1.35. The molecule has 0 saturated heterocycles. The number of carbonyl (C=O) groups is 2. The predicted molar refractivity (Wildman–Crippen MR) is 150 cm³/mol. The van der Waals surface area contributed by atoms with Crippen LogP contribution in [0.5, 0.6) is 0 Å². The molecule has 178 valence electrons. The van der Waals surface area contributed by atoms with Crippen molar-refractivity contribution in [1.82, 2.24) is 5.32 Å². The number of hydrogen-bond acceptors (Lipinski definition) is 4. The van der Waals surface area contributed by atoms with Gasteiger partial charge in [-0.15, -0.1) is 0 Å². The van der Waals surface area contributed by atoms with E-state index in [-0.39, 0.29) is 16.9 Å². The molecule has 0 atom stereocenters. The summed E-state index contributed by atoms with van der Waals surface area (Å²) in [4.78, 5) is 25.2. The molecule has 0 saturated carbocycles. The molecule has 0 fully saturated rings. The quantitative estimate of drug-likeness (QED) is 0.182. The summed E-state index contributed by atoms with van der Waals surface area (Å²) in [6.07, 6.45) is 3.10. The van der Waals surface area contributed by atoms with E-state index in [4.69, 9.17) is 12.2 Å². The Morgan fingerprint density at radius 3 is 1.94 bits per heavy atom. The van der Waals surface area contributed by atoms with Crippen LogP contribution in [0.25, 0.3) is 6.08 Å². The number of thiocarbonyl (C=S) groups is 1. The average molecular weight is 493 g/mol. The fourth-order valence-corrected chi connectivity index (χ4v) is 3.57.